The van der Waals surface area contributed by atoms with E-state index in [4.69, 9.17) is 5.73 Å². The van der Waals surface area contributed by atoms with Crippen molar-refractivity contribution in [3.63, 3.8) is 0 Å². The fraction of sp³-hybridized carbons (Fsp3) is 0.333. The van der Waals surface area contributed by atoms with E-state index in [-0.39, 0.29) is 43.4 Å². The van der Waals surface area contributed by atoms with Crippen LogP contribution in [0.2, 0.25) is 0 Å². The molecule has 3 rings (SSSR count). The first-order chi connectivity index (χ1) is 12.3. The molecule has 27 heavy (non-hydrogen) atoms. The maximum atomic E-state index is 13.8. The fourth-order valence-corrected chi connectivity index (χ4v) is 3.14. The second-order valence-electron chi connectivity index (χ2n) is 6.45. The number of halogens is 4. The Hall–Kier alpha value is -2.32. The fourth-order valence-electron chi connectivity index (χ4n) is 3.14. The lowest BCUT2D eigenvalue weighted by Gasteiger charge is -2.30. The minimum absolute atomic E-state index is 0. The van der Waals surface area contributed by atoms with Crippen molar-refractivity contribution < 1.29 is 18.0 Å². The highest BCUT2D eigenvalue weighted by Crippen LogP contribution is 2.46. The molecule has 1 unspecified atom stereocenters. The molecular formula is C18H20ClF3N4O. The first-order valence-corrected chi connectivity index (χ1v) is 8.16. The Morgan fingerprint density at radius 1 is 1.22 bits per heavy atom. The van der Waals surface area contributed by atoms with Gasteiger partial charge in [-0.15, -0.1) is 12.4 Å². The average molecular weight is 401 g/mol. The van der Waals surface area contributed by atoms with Crippen LogP contribution in [0.5, 0.6) is 0 Å². The third-order valence-electron chi connectivity index (χ3n) is 4.62. The number of likely N-dealkylation sites (tertiary alicyclic amines) is 1. The number of hydrogen-bond donors (Lipinski definition) is 2. The minimum atomic E-state index is -4.65. The van der Waals surface area contributed by atoms with Crippen molar-refractivity contribution in [3.05, 3.63) is 54.2 Å². The van der Waals surface area contributed by atoms with E-state index < -0.39 is 17.5 Å². The molecule has 1 fully saturated rings. The summed E-state index contributed by atoms with van der Waals surface area (Å²) in [5, 5.41) is 2.34. The van der Waals surface area contributed by atoms with Gasteiger partial charge in [-0.3, -0.25) is 9.69 Å². The molecule has 1 aliphatic heterocycles. The normalized spacial score (nSPS) is 20.1. The van der Waals surface area contributed by atoms with Crippen molar-refractivity contribution in [2.24, 2.45) is 5.41 Å². The number of aromatic nitrogens is 1. The quantitative estimate of drug-likeness (QED) is 0.824. The van der Waals surface area contributed by atoms with Crippen molar-refractivity contribution >= 4 is 29.8 Å². The van der Waals surface area contributed by atoms with E-state index in [1.807, 2.05) is 30.3 Å². The number of pyridine rings is 1. The zero-order valence-electron chi connectivity index (χ0n) is 14.4. The summed E-state index contributed by atoms with van der Waals surface area (Å²) < 4.78 is 41.5. The molecule has 1 saturated heterocycles. The molecule has 1 aromatic heterocycles. The Balaban J connectivity index is 0.00000261. The number of carbonyl (C=O) groups is 1. The molecule has 2 aromatic rings. The second kappa shape index (κ2) is 8.14. The Morgan fingerprint density at radius 2 is 1.93 bits per heavy atom. The van der Waals surface area contributed by atoms with E-state index >= 15 is 0 Å². The maximum absolute atomic E-state index is 13.8. The molecule has 3 N–H and O–H groups in total. The average Bonchev–Trinajstić information content (AvgIpc) is 3.03. The maximum Gasteiger partial charge on any atom is 0.404 e. The molecule has 0 spiro atoms. The topological polar surface area (TPSA) is 71.2 Å². The van der Waals surface area contributed by atoms with Crippen LogP contribution in [0.3, 0.4) is 0 Å². The van der Waals surface area contributed by atoms with Gasteiger partial charge >= 0.3 is 6.18 Å². The van der Waals surface area contributed by atoms with Crippen LogP contribution >= 0.6 is 12.4 Å². The molecular weight excluding hydrogens is 381 g/mol. The number of nitrogens with zero attached hydrogens (tertiary/aromatic N) is 2. The third-order valence-corrected chi connectivity index (χ3v) is 4.62. The van der Waals surface area contributed by atoms with Crippen molar-refractivity contribution in [2.45, 2.75) is 19.1 Å². The Labute approximate surface area is 161 Å². The second-order valence-corrected chi connectivity index (χ2v) is 6.45. The number of alkyl halides is 3. The molecule has 9 heteroatoms. The first-order valence-electron chi connectivity index (χ1n) is 8.16. The van der Waals surface area contributed by atoms with Crippen LogP contribution in [0, 0.1) is 5.41 Å². The van der Waals surface area contributed by atoms with Gasteiger partial charge in [-0.05, 0) is 30.7 Å². The third kappa shape index (κ3) is 4.51. The van der Waals surface area contributed by atoms with Crippen molar-refractivity contribution in [2.75, 3.05) is 24.1 Å². The zero-order valence-corrected chi connectivity index (χ0v) is 15.2. The number of anilines is 2. The van der Waals surface area contributed by atoms with E-state index in [2.05, 4.69) is 10.3 Å². The van der Waals surface area contributed by atoms with Gasteiger partial charge in [0, 0.05) is 13.1 Å². The standard InChI is InChI=1S/C18H19F3N4O.ClH/c19-18(20,21)17(16(26)24-14-6-7-15(22)23-10-14)8-9-25(12-17)11-13-4-2-1-3-5-13;/h1-7,10H,8-9,11-12H2,(H2,22,23)(H,24,26);1H. The van der Waals surface area contributed by atoms with Gasteiger partial charge in [0.15, 0.2) is 5.41 Å². The van der Waals surface area contributed by atoms with E-state index in [1.54, 1.807) is 4.90 Å². The molecule has 2 heterocycles. The lowest BCUT2D eigenvalue weighted by Crippen LogP contribution is -2.49. The number of nitrogens with one attached hydrogen (secondary N) is 1. The SMILES string of the molecule is Cl.Nc1ccc(NC(=O)C2(C(F)(F)F)CCN(Cc3ccccc3)C2)cn1. The number of rotatable bonds is 4. The number of nitrogen functional groups attached to an aromatic ring is 1. The van der Waals surface area contributed by atoms with Crippen LogP contribution in [0.1, 0.15) is 12.0 Å². The first kappa shape index (κ1) is 21.0. The van der Waals surface area contributed by atoms with Crippen LogP contribution in [0.15, 0.2) is 48.7 Å². The summed E-state index contributed by atoms with van der Waals surface area (Å²) in [5.41, 5.74) is 4.11. The van der Waals surface area contributed by atoms with Gasteiger partial charge in [0.1, 0.15) is 5.82 Å². The molecule has 1 amide bonds. The van der Waals surface area contributed by atoms with Crippen LogP contribution in [0.4, 0.5) is 24.7 Å². The summed E-state index contributed by atoms with van der Waals surface area (Å²) in [4.78, 5) is 18.0. The van der Waals surface area contributed by atoms with Crippen LogP contribution < -0.4 is 11.1 Å². The largest absolute Gasteiger partial charge is 0.404 e. The Kier molecular flexibility index (Phi) is 6.33. The van der Waals surface area contributed by atoms with Gasteiger partial charge in [0.05, 0.1) is 11.9 Å². The molecule has 1 atom stereocenters. The van der Waals surface area contributed by atoms with Gasteiger partial charge in [0.2, 0.25) is 5.91 Å². The zero-order chi connectivity index (χ0) is 18.8. The highest BCUT2D eigenvalue weighted by atomic mass is 35.5. The van der Waals surface area contributed by atoms with E-state index in [1.165, 1.54) is 18.3 Å². The van der Waals surface area contributed by atoms with Gasteiger partial charge < -0.3 is 11.1 Å². The van der Waals surface area contributed by atoms with Gasteiger partial charge in [-0.1, -0.05) is 30.3 Å². The molecule has 0 bridgehead atoms. The summed E-state index contributed by atoms with van der Waals surface area (Å²) in [5.74, 6) is -0.837. The van der Waals surface area contributed by atoms with Gasteiger partial charge in [0.25, 0.3) is 0 Å². The molecule has 0 saturated carbocycles. The van der Waals surface area contributed by atoms with Crippen molar-refractivity contribution in [1.29, 1.82) is 0 Å². The summed E-state index contributed by atoms with van der Waals surface area (Å²) >= 11 is 0. The van der Waals surface area contributed by atoms with Crippen molar-refractivity contribution in [3.8, 4) is 0 Å². The monoisotopic (exact) mass is 400 g/mol. The van der Waals surface area contributed by atoms with Gasteiger partial charge in [-0.2, -0.15) is 13.2 Å². The minimum Gasteiger partial charge on any atom is -0.384 e. The number of amides is 1. The Bertz CT molecular complexity index is 770. The number of benzene rings is 1. The molecule has 1 aliphatic rings. The number of carbonyl (C=O) groups excluding carboxylic acids is 1. The van der Waals surface area contributed by atoms with E-state index in [0.717, 1.165) is 5.56 Å². The van der Waals surface area contributed by atoms with E-state index in [0.29, 0.717) is 6.54 Å². The smallest absolute Gasteiger partial charge is 0.384 e. The van der Waals surface area contributed by atoms with Crippen LogP contribution in [-0.4, -0.2) is 35.1 Å². The highest BCUT2D eigenvalue weighted by Gasteiger charge is 2.62. The molecule has 0 radical (unpaired) electrons. The predicted octanol–water partition coefficient (Wildman–Crippen LogP) is 3.48. The van der Waals surface area contributed by atoms with Crippen molar-refractivity contribution in [1.82, 2.24) is 9.88 Å². The predicted molar refractivity (Wildman–Crippen MR) is 99.4 cm³/mol. The summed E-state index contributed by atoms with van der Waals surface area (Å²) in [6.07, 6.45) is -3.69. The summed E-state index contributed by atoms with van der Waals surface area (Å²) in [6.45, 7) is 0.191. The highest BCUT2D eigenvalue weighted by molar-refractivity contribution is 5.96. The Morgan fingerprint density at radius 3 is 2.52 bits per heavy atom. The summed E-state index contributed by atoms with van der Waals surface area (Å²) in [6, 6.07) is 12.1. The van der Waals surface area contributed by atoms with Gasteiger partial charge in [-0.25, -0.2) is 4.98 Å². The molecule has 5 nitrogen and oxygen atoms in total. The van der Waals surface area contributed by atoms with Crippen LogP contribution in [0.25, 0.3) is 0 Å². The van der Waals surface area contributed by atoms with Crippen LogP contribution in [-0.2, 0) is 11.3 Å². The number of hydrogen-bond acceptors (Lipinski definition) is 4. The lowest BCUT2D eigenvalue weighted by molar-refractivity contribution is -0.215. The summed E-state index contributed by atoms with van der Waals surface area (Å²) in [7, 11) is 0. The molecule has 1 aromatic carbocycles. The van der Waals surface area contributed by atoms with E-state index in [9.17, 15) is 18.0 Å². The molecule has 146 valence electrons. The lowest BCUT2D eigenvalue weighted by atomic mass is 9.85. The molecule has 0 aliphatic carbocycles. The number of nitrogens with two attached hydrogens (primary N) is 1.